The first-order valence-electron chi connectivity index (χ1n) is 8.67. The number of aromatic nitrogens is 2. The quantitative estimate of drug-likeness (QED) is 0.753. The summed E-state index contributed by atoms with van der Waals surface area (Å²) in [4.78, 5) is 24.5. The molecular formula is C19H24N4O3. The van der Waals surface area contributed by atoms with Crippen LogP contribution in [-0.2, 0) is 16.1 Å². The van der Waals surface area contributed by atoms with Gasteiger partial charge >= 0.3 is 0 Å². The van der Waals surface area contributed by atoms with Gasteiger partial charge in [0.1, 0.15) is 12.7 Å². The third-order valence-corrected chi connectivity index (χ3v) is 4.18. The first-order chi connectivity index (χ1) is 12.6. The normalized spacial score (nSPS) is 16.5. The largest absolute Gasteiger partial charge is 0.471 e. The Hall–Kier alpha value is -2.67. The number of benzene rings is 1. The molecule has 7 nitrogen and oxygen atoms in total. The van der Waals surface area contributed by atoms with Gasteiger partial charge in [0.25, 0.3) is 0 Å². The lowest BCUT2D eigenvalue weighted by Gasteiger charge is -2.17. The third kappa shape index (κ3) is 4.92. The maximum absolute atomic E-state index is 12.3. The minimum atomic E-state index is -0.0696. The zero-order chi connectivity index (χ0) is 18.4. The summed E-state index contributed by atoms with van der Waals surface area (Å²) in [5.41, 5.74) is 1.06. The first kappa shape index (κ1) is 18.1. The maximum Gasteiger partial charge on any atom is 0.248 e. The van der Waals surface area contributed by atoms with Crippen molar-refractivity contribution < 1.29 is 14.3 Å². The lowest BCUT2D eigenvalue weighted by atomic mass is 10.2. The fourth-order valence-corrected chi connectivity index (χ4v) is 2.75. The number of carbonyl (C=O) groups is 1. The van der Waals surface area contributed by atoms with Crippen molar-refractivity contribution in [2.45, 2.75) is 19.1 Å². The molecular weight excluding hydrogens is 332 g/mol. The zero-order valence-corrected chi connectivity index (χ0v) is 15.2. The van der Waals surface area contributed by atoms with Crippen molar-refractivity contribution in [2.75, 3.05) is 38.7 Å². The van der Waals surface area contributed by atoms with E-state index >= 15 is 0 Å². The molecule has 2 heterocycles. The van der Waals surface area contributed by atoms with Crippen LogP contribution in [0.15, 0.2) is 42.7 Å². The van der Waals surface area contributed by atoms with Gasteiger partial charge in [-0.1, -0.05) is 30.3 Å². The molecule has 2 aromatic rings. The second kappa shape index (κ2) is 8.62. The number of nitrogens with zero attached hydrogens (tertiary/aromatic N) is 4. The summed E-state index contributed by atoms with van der Waals surface area (Å²) >= 11 is 0. The fourth-order valence-electron chi connectivity index (χ4n) is 2.75. The van der Waals surface area contributed by atoms with Crippen molar-refractivity contribution in [2.24, 2.45) is 0 Å². The topological polar surface area (TPSA) is 67.8 Å². The van der Waals surface area contributed by atoms with Crippen LogP contribution >= 0.6 is 0 Å². The van der Waals surface area contributed by atoms with E-state index in [-0.39, 0.29) is 18.6 Å². The summed E-state index contributed by atoms with van der Waals surface area (Å²) in [6, 6.07) is 9.83. The van der Waals surface area contributed by atoms with Gasteiger partial charge in [-0.15, -0.1) is 0 Å². The second-order valence-corrected chi connectivity index (χ2v) is 6.46. The summed E-state index contributed by atoms with van der Waals surface area (Å²) in [6.07, 6.45) is 3.99. The molecule has 0 N–H and O–H groups in total. The van der Waals surface area contributed by atoms with E-state index in [0.717, 1.165) is 17.8 Å². The van der Waals surface area contributed by atoms with Crippen molar-refractivity contribution in [3.8, 4) is 5.88 Å². The van der Waals surface area contributed by atoms with E-state index in [1.54, 1.807) is 17.3 Å². The number of anilines is 1. The summed E-state index contributed by atoms with van der Waals surface area (Å²) in [6.45, 7) is 1.73. The lowest BCUT2D eigenvalue weighted by molar-refractivity contribution is -0.135. The predicted molar refractivity (Wildman–Crippen MR) is 98.1 cm³/mol. The molecule has 1 saturated heterocycles. The van der Waals surface area contributed by atoms with Crippen LogP contribution in [0, 0.1) is 0 Å². The molecule has 1 aromatic carbocycles. The van der Waals surface area contributed by atoms with Crippen molar-refractivity contribution >= 4 is 11.7 Å². The highest BCUT2D eigenvalue weighted by Gasteiger charge is 2.28. The molecule has 0 saturated carbocycles. The van der Waals surface area contributed by atoms with Gasteiger partial charge in [0.15, 0.2) is 5.82 Å². The summed E-state index contributed by atoms with van der Waals surface area (Å²) in [5.74, 6) is 1.21. The maximum atomic E-state index is 12.3. The molecule has 1 aliphatic heterocycles. The minimum absolute atomic E-state index is 0.0137. The Bertz CT molecular complexity index is 724. The average molecular weight is 356 g/mol. The van der Waals surface area contributed by atoms with Crippen molar-refractivity contribution in [3.05, 3.63) is 48.3 Å². The Morgan fingerprint density at radius 2 is 2.08 bits per heavy atom. The van der Waals surface area contributed by atoms with E-state index in [1.165, 1.54) is 0 Å². The van der Waals surface area contributed by atoms with Gasteiger partial charge in [0, 0.05) is 27.1 Å². The van der Waals surface area contributed by atoms with Crippen LogP contribution in [0.2, 0.25) is 0 Å². The zero-order valence-electron chi connectivity index (χ0n) is 15.2. The summed E-state index contributed by atoms with van der Waals surface area (Å²) < 4.78 is 11.4. The van der Waals surface area contributed by atoms with E-state index in [1.807, 2.05) is 49.3 Å². The SMILES string of the molecule is CN(C)c1cncc(O[C@@H]2CCN(C(=O)COCc3ccccc3)C2)n1. The second-order valence-electron chi connectivity index (χ2n) is 6.46. The molecule has 7 heteroatoms. The molecule has 1 aromatic heterocycles. The van der Waals surface area contributed by atoms with Gasteiger partial charge in [-0.3, -0.25) is 9.78 Å². The Balaban J connectivity index is 1.44. The molecule has 138 valence electrons. The van der Waals surface area contributed by atoms with E-state index in [9.17, 15) is 4.79 Å². The average Bonchev–Trinajstić information content (AvgIpc) is 3.11. The molecule has 0 unspecified atom stereocenters. The van der Waals surface area contributed by atoms with Gasteiger partial charge < -0.3 is 19.3 Å². The Morgan fingerprint density at radius 1 is 1.27 bits per heavy atom. The van der Waals surface area contributed by atoms with E-state index in [2.05, 4.69) is 9.97 Å². The number of carbonyl (C=O) groups excluding carboxylic acids is 1. The molecule has 1 amide bonds. The highest BCUT2D eigenvalue weighted by molar-refractivity contribution is 5.77. The number of rotatable bonds is 7. The van der Waals surface area contributed by atoms with Gasteiger partial charge in [0.2, 0.25) is 11.8 Å². The first-order valence-corrected chi connectivity index (χ1v) is 8.67. The Kier molecular flexibility index (Phi) is 6.01. The van der Waals surface area contributed by atoms with Gasteiger partial charge in [0.05, 0.1) is 25.5 Å². The van der Waals surface area contributed by atoms with Gasteiger partial charge in [-0.05, 0) is 5.56 Å². The highest BCUT2D eigenvalue weighted by atomic mass is 16.5. The molecule has 26 heavy (non-hydrogen) atoms. The van der Waals surface area contributed by atoms with E-state index in [4.69, 9.17) is 9.47 Å². The number of ether oxygens (including phenoxy) is 2. The van der Waals surface area contributed by atoms with Crippen molar-refractivity contribution in [1.29, 1.82) is 0 Å². The predicted octanol–water partition coefficient (Wildman–Crippen LogP) is 1.74. The van der Waals surface area contributed by atoms with Crippen LogP contribution in [0.4, 0.5) is 5.82 Å². The highest BCUT2D eigenvalue weighted by Crippen LogP contribution is 2.18. The van der Waals surface area contributed by atoms with Crippen LogP contribution in [-0.4, -0.2) is 60.7 Å². The number of hydrogen-bond acceptors (Lipinski definition) is 6. The van der Waals surface area contributed by atoms with Crippen LogP contribution in [0.5, 0.6) is 5.88 Å². The van der Waals surface area contributed by atoms with E-state index < -0.39 is 0 Å². The molecule has 1 atom stereocenters. The third-order valence-electron chi connectivity index (χ3n) is 4.18. The van der Waals surface area contributed by atoms with Crippen LogP contribution in [0.3, 0.4) is 0 Å². The van der Waals surface area contributed by atoms with E-state index in [0.29, 0.717) is 25.6 Å². The number of likely N-dealkylation sites (tertiary alicyclic amines) is 1. The number of amides is 1. The molecule has 0 aliphatic carbocycles. The standard InChI is InChI=1S/C19H24N4O3/c1-22(2)17-10-20-11-18(21-17)26-16-8-9-23(12-16)19(24)14-25-13-15-6-4-3-5-7-15/h3-7,10-11,16H,8-9,12-14H2,1-2H3/t16-/m1/s1. The van der Waals surface area contributed by atoms with Crippen molar-refractivity contribution in [1.82, 2.24) is 14.9 Å². The molecule has 0 radical (unpaired) electrons. The fraction of sp³-hybridized carbons (Fsp3) is 0.421. The van der Waals surface area contributed by atoms with Crippen LogP contribution in [0.1, 0.15) is 12.0 Å². The number of hydrogen-bond donors (Lipinski definition) is 0. The summed E-state index contributed by atoms with van der Waals surface area (Å²) in [7, 11) is 3.80. The molecule has 1 fully saturated rings. The van der Waals surface area contributed by atoms with Crippen LogP contribution in [0.25, 0.3) is 0 Å². The Morgan fingerprint density at radius 3 is 2.85 bits per heavy atom. The molecule has 1 aliphatic rings. The van der Waals surface area contributed by atoms with Crippen molar-refractivity contribution in [3.63, 3.8) is 0 Å². The lowest BCUT2D eigenvalue weighted by Crippen LogP contribution is -2.33. The summed E-state index contributed by atoms with van der Waals surface area (Å²) in [5, 5.41) is 0. The molecule has 0 bridgehead atoms. The Labute approximate surface area is 153 Å². The smallest absolute Gasteiger partial charge is 0.248 e. The molecule has 0 spiro atoms. The monoisotopic (exact) mass is 356 g/mol. The minimum Gasteiger partial charge on any atom is -0.471 e. The van der Waals surface area contributed by atoms with Crippen LogP contribution < -0.4 is 9.64 Å². The molecule has 3 rings (SSSR count). The van der Waals surface area contributed by atoms with Gasteiger partial charge in [-0.2, -0.15) is 4.98 Å². The van der Waals surface area contributed by atoms with Gasteiger partial charge in [-0.25, -0.2) is 0 Å².